The number of carbonyl (C=O) groups is 1. The van der Waals surface area contributed by atoms with Crippen LogP contribution in [-0.4, -0.2) is 57.9 Å². The van der Waals surface area contributed by atoms with Gasteiger partial charge in [-0.25, -0.2) is 9.10 Å². The molecule has 0 bridgehead atoms. The van der Waals surface area contributed by atoms with Gasteiger partial charge in [0.1, 0.15) is 0 Å². The van der Waals surface area contributed by atoms with Crippen LogP contribution in [0.4, 0.5) is 23.7 Å². The molecule has 2 heterocycles. The van der Waals surface area contributed by atoms with Crippen molar-refractivity contribution in [2.24, 2.45) is 0 Å². The molecule has 1 aliphatic rings. The zero-order chi connectivity index (χ0) is 23.4. The summed E-state index contributed by atoms with van der Waals surface area (Å²) in [5.74, 6) is -1.60. The van der Waals surface area contributed by atoms with Gasteiger partial charge < -0.3 is 9.32 Å². The fourth-order valence-electron chi connectivity index (χ4n) is 3.50. The Hall–Kier alpha value is -3.05. The molecule has 174 valence electrons. The SMILES string of the molecule is CSN1CCN(C(=O)N(Cc2ccc(-c3nnc(C(F)(F)F)o3)cc2)c2ccccc2)CC1. The molecule has 1 aliphatic heterocycles. The summed E-state index contributed by atoms with van der Waals surface area (Å²) >= 11 is 1.67. The number of carbonyl (C=O) groups excluding carboxylic acids is 1. The third kappa shape index (κ3) is 5.48. The average molecular weight is 478 g/mol. The third-order valence-corrected chi connectivity index (χ3v) is 6.16. The molecule has 0 radical (unpaired) electrons. The Labute approximate surface area is 193 Å². The van der Waals surface area contributed by atoms with Crippen molar-refractivity contribution in [1.82, 2.24) is 19.4 Å². The first kappa shape index (κ1) is 23.1. The van der Waals surface area contributed by atoms with Crippen molar-refractivity contribution in [2.45, 2.75) is 12.7 Å². The summed E-state index contributed by atoms with van der Waals surface area (Å²) in [7, 11) is 0. The molecule has 2 aromatic carbocycles. The average Bonchev–Trinajstić information content (AvgIpc) is 3.34. The second kappa shape index (κ2) is 9.84. The van der Waals surface area contributed by atoms with Crippen LogP contribution in [0.25, 0.3) is 11.5 Å². The molecule has 0 aliphatic carbocycles. The second-order valence-corrected chi connectivity index (χ2v) is 8.29. The summed E-state index contributed by atoms with van der Waals surface area (Å²) in [6.07, 6.45) is -2.67. The number of hydrogen-bond donors (Lipinski definition) is 0. The van der Waals surface area contributed by atoms with Gasteiger partial charge in [0.05, 0.1) is 6.54 Å². The lowest BCUT2D eigenvalue weighted by Crippen LogP contribution is -2.51. The Bertz CT molecular complexity index is 1070. The molecule has 11 heteroatoms. The van der Waals surface area contributed by atoms with E-state index in [4.69, 9.17) is 4.42 Å². The normalized spacial score (nSPS) is 15.0. The largest absolute Gasteiger partial charge is 0.470 e. The maximum atomic E-state index is 13.4. The highest BCUT2D eigenvalue weighted by Gasteiger charge is 2.38. The summed E-state index contributed by atoms with van der Waals surface area (Å²) in [6, 6.07) is 16.0. The maximum absolute atomic E-state index is 13.4. The molecule has 1 fully saturated rings. The molecule has 4 rings (SSSR count). The Kier molecular flexibility index (Phi) is 6.89. The van der Waals surface area contributed by atoms with E-state index in [9.17, 15) is 18.0 Å². The number of alkyl halides is 3. The highest BCUT2D eigenvalue weighted by atomic mass is 32.2. The second-order valence-electron chi connectivity index (χ2n) is 7.41. The number of anilines is 1. The Morgan fingerprint density at radius 1 is 1.03 bits per heavy atom. The number of aromatic nitrogens is 2. The molecule has 0 unspecified atom stereocenters. The van der Waals surface area contributed by atoms with Crippen molar-refractivity contribution >= 4 is 23.7 Å². The van der Waals surface area contributed by atoms with Gasteiger partial charge in [-0.2, -0.15) is 13.2 Å². The molecule has 3 aromatic rings. The van der Waals surface area contributed by atoms with E-state index in [1.165, 1.54) is 0 Å². The summed E-state index contributed by atoms with van der Waals surface area (Å²) < 4.78 is 45.1. The highest BCUT2D eigenvalue weighted by molar-refractivity contribution is 7.96. The molecule has 0 spiro atoms. The van der Waals surface area contributed by atoms with Crippen LogP contribution in [0.3, 0.4) is 0 Å². The lowest BCUT2D eigenvalue weighted by Gasteiger charge is -2.36. The molecule has 7 nitrogen and oxygen atoms in total. The topological polar surface area (TPSA) is 65.7 Å². The fourth-order valence-corrected chi connectivity index (χ4v) is 4.03. The maximum Gasteiger partial charge on any atom is 0.470 e. The first-order chi connectivity index (χ1) is 15.8. The number of piperazine rings is 1. The number of nitrogens with zero attached hydrogens (tertiary/aromatic N) is 5. The molecular formula is C22H22F3N5O2S. The van der Waals surface area contributed by atoms with Gasteiger partial charge in [-0.05, 0) is 36.1 Å². The van der Waals surface area contributed by atoms with Gasteiger partial charge in [-0.15, -0.1) is 10.2 Å². The quantitative estimate of drug-likeness (QED) is 0.493. The standard InChI is InChI=1S/C22H22F3N5O2S/c1-33-29-13-11-28(12-14-29)21(31)30(18-5-3-2-4-6-18)15-16-7-9-17(10-8-16)19-26-27-20(32-19)22(23,24)25/h2-10H,11-15H2,1H3. The summed E-state index contributed by atoms with van der Waals surface area (Å²) in [5.41, 5.74) is 1.95. The third-order valence-electron chi connectivity index (χ3n) is 5.28. The van der Waals surface area contributed by atoms with Crippen molar-refractivity contribution in [3.8, 4) is 11.5 Å². The summed E-state index contributed by atoms with van der Waals surface area (Å²) in [6.45, 7) is 3.19. The lowest BCUT2D eigenvalue weighted by atomic mass is 10.1. The Morgan fingerprint density at radius 3 is 2.27 bits per heavy atom. The Morgan fingerprint density at radius 2 is 1.70 bits per heavy atom. The number of rotatable bonds is 5. The smallest absolute Gasteiger partial charge is 0.413 e. The van der Waals surface area contributed by atoms with Gasteiger partial charge in [0.2, 0.25) is 5.89 Å². The lowest BCUT2D eigenvalue weighted by molar-refractivity contribution is -0.156. The van der Waals surface area contributed by atoms with E-state index in [2.05, 4.69) is 14.5 Å². The van der Waals surface area contributed by atoms with Crippen LogP contribution < -0.4 is 4.90 Å². The van der Waals surface area contributed by atoms with Crippen LogP contribution >= 0.6 is 11.9 Å². The number of benzene rings is 2. The number of hydrogen-bond acceptors (Lipinski definition) is 6. The van der Waals surface area contributed by atoms with Gasteiger partial charge in [0.25, 0.3) is 0 Å². The Balaban J connectivity index is 1.52. The van der Waals surface area contributed by atoms with Crippen LogP contribution in [0.15, 0.2) is 59.0 Å². The van der Waals surface area contributed by atoms with E-state index >= 15 is 0 Å². The van der Waals surface area contributed by atoms with Crippen LogP contribution in [0.1, 0.15) is 11.5 Å². The summed E-state index contributed by atoms with van der Waals surface area (Å²) in [5, 5.41) is 6.54. The number of amides is 2. The summed E-state index contributed by atoms with van der Waals surface area (Å²) in [4.78, 5) is 16.9. The van der Waals surface area contributed by atoms with Gasteiger partial charge in [-0.1, -0.05) is 42.3 Å². The van der Waals surface area contributed by atoms with Gasteiger partial charge in [0, 0.05) is 37.4 Å². The van der Waals surface area contributed by atoms with Gasteiger partial charge >= 0.3 is 18.1 Å². The van der Waals surface area contributed by atoms with Crippen molar-refractivity contribution in [1.29, 1.82) is 0 Å². The molecule has 0 atom stereocenters. The van der Waals surface area contributed by atoms with Crippen molar-refractivity contribution in [3.05, 3.63) is 66.1 Å². The first-order valence-electron chi connectivity index (χ1n) is 10.3. The van der Waals surface area contributed by atoms with E-state index in [1.54, 1.807) is 41.1 Å². The van der Waals surface area contributed by atoms with E-state index in [-0.39, 0.29) is 11.9 Å². The van der Waals surface area contributed by atoms with Crippen molar-refractivity contribution < 1.29 is 22.4 Å². The molecule has 0 N–H and O–H groups in total. The van der Waals surface area contributed by atoms with Gasteiger partial charge in [-0.3, -0.25) is 4.90 Å². The minimum absolute atomic E-state index is 0.0854. The van der Waals surface area contributed by atoms with Crippen molar-refractivity contribution in [3.63, 3.8) is 0 Å². The van der Waals surface area contributed by atoms with E-state index in [0.29, 0.717) is 25.2 Å². The molecule has 1 saturated heterocycles. The number of para-hydroxylation sites is 1. The number of halogens is 3. The fraction of sp³-hybridized carbons (Fsp3) is 0.318. The molecule has 1 aromatic heterocycles. The van der Waals surface area contributed by atoms with Crippen LogP contribution in [0.5, 0.6) is 0 Å². The van der Waals surface area contributed by atoms with Gasteiger partial charge in [0.15, 0.2) is 0 Å². The molecular weight excluding hydrogens is 455 g/mol. The highest BCUT2D eigenvalue weighted by Crippen LogP contribution is 2.30. The molecule has 0 saturated carbocycles. The number of urea groups is 1. The zero-order valence-electron chi connectivity index (χ0n) is 17.8. The predicted octanol–water partition coefficient (Wildman–Crippen LogP) is 4.78. The monoisotopic (exact) mass is 477 g/mol. The first-order valence-corrected chi connectivity index (χ1v) is 11.4. The minimum atomic E-state index is -4.69. The van der Waals surface area contributed by atoms with E-state index < -0.39 is 12.1 Å². The van der Waals surface area contributed by atoms with E-state index in [1.807, 2.05) is 41.5 Å². The van der Waals surface area contributed by atoms with E-state index in [0.717, 1.165) is 24.3 Å². The molecule has 2 amide bonds. The zero-order valence-corrected chi connectivity index (χ0v) is 18.6. The van der Waals surface area contributed by atoms with Crippen molar-refractivity contribution in [2.75, 3.05) is 37.3 Å². The van der Waals surface area contributed by atoms with Crippen LogP contribution in [0.2, 0.25) is 0 Å². The minimum Gasteiger partial charge on any atom is -0.413 e. The van der Waals surface area contributed by atoms with Crippen LogP contribution in [0, 0.1) is 0 Å². The molecule has 33 heavy (non-hydrogen) atoms. The van der Waals surface area contributed by atoms with Crippen LogP contribution in [-0.2, 0) is 12.7 Å². The predicted molar refractivity (Wildman–Crippen MR) is 119 cm³/mol.